The first kappa shape index (κ1) is 80.6. The zero-order chi connectivity index (χ0) is 59.9. The molecule has 6 heteroatoms. The van der Waals surface area contributed by atoms with Crippen LogP contribution < -0.4 is 0 Å². The van der Waals surface area contributed by atoms with Gasteiger partial charge in [0.05, 0.1) is 0 Å². The summed E-state index contributed by atoms with van der Waals surface area (Å²) >= 11 is 0. The van der Waals surface area contributed by atoms with Gasteiger partial charge in [0.15, 0.2) is 6.10 Å². The molecule has 0 aromatic rings. The topological polar surface area (TPSA) is 78.9 Å². The molecule has 0 aromatic heterocycles. The maximum atomic E-state index is 12.9. The summed E-state index contributed by atoms with van der Waals surface area (Å²) in [6.45, 7) is 6.67. The van der Waals surface area contributed by atoms with Crippen LogP contribution in [-0.4, -0.2) is 37.2 Å². The van der Waals surface area contributed by atoms with Gasteiger partial charge in [-0.15, -0.1) is 0 Å². The molecule has 0 spiro atoms. The molecular weight excluding hydrogens is 1020 g/mol. The molecule has 0 rings (SSSR count). The van der Waals surface area contributed by atoms with Crippen molar-refractivity contribution >= 4 is 17.9 Å². The Kier molecular flexibility index (Phi) is 70.0. The number of ether oxygens (including phenoxy) is 3. The Morgan fingerprint density at radius 2 is 0.434 bits per heavy atom. The Balaban J connectivity index is 4.01. The highest BCUT2D eigenvalue weighted by atomic mass is 16.6. The minimum Gasteiger partial charge on any atom is -0.462 e. The van der Waals surface area contributed by atoms with E-state index in [4.69, 9.17) is 14.2 Å². The molecule has 0 N–H and O–H groups in total. The van der Waals surface area contributed by atoms with Crippen molar-refractivity contribution in [2.24, 2.45) is 0 Å². The van der Waals surface area contributed by atoms with Gasteiger partial charge in [-0.3, -0.25) is 14.4 Å². The molecule has 488 valence electrons. The van der Waals surface area contributed by atoms with E-state index in [1.54, 1.807) is 0 Å². The molecule has 6 nitrogen and oxygen atoms in total. The minimum atomic E-state index is -0.776. The van der Waals surface area contributed by atoms with Crippen LogP contribution in [-0.2, 0) is 28.6 Å². The summed E-state index contributed by atoms with van der Waals surface area (Å²) in [7, 11) is 0. The van der Waals surface area contributed by atoms with Gasteiger partial charge in [0.2, 0.25) is 0 Å². The highest BCUT2D eigenvalue weighted by Crippen LogP contribution is 2.19. The number of hydrogen-bond donors (Lipinski definition) is 0. The van der Waals surface area contributed by atoms with Gasteiger partial charge in [0, 0.05) is 19.3 Å². The monoisotopic (exact) mass is 1170 g/mol. The second kappa shape index (κ2) is 72.1. The third-order valence-corrected chi connectivity index (χ3v) is 17.1. The fraction of sp³-hybridized carbons (Fsp3) is 0.883. The zero-order valence-corrected chi connectivity index (χ0v) is 56.2. The Bertz CT molecular complexity index is 1380. The molecule has 0 fully saturated rings. The molecule has 1 unspecified atom stereocenters. The van der Waals surface area contributed by atoms with Crippen LogP contribution in [0, 0.1) is 0 Å². The summed E-state index contributed by atoms with van der Waals surface area (Å²) in [6, 6.07) is 0. The van der Waals surface area contributed by atoms with Crippen LogP contribution in [0.1, 0.15) is 419 Å². The lowest BCUT2D eigenvalue weighted by Gasteiger charge is -2.18. The molecule has 0 aromatic carbocycles. The summed E-state index contributed by atoms with van der Waals surface area (Å²) in [5, 5.41) is 0. The predicted octanol–water partition coefficient (Wildman–Crippen LogP) is 25.9. The lowest BCUT2D eigenvalue weighted by molar-refractivity contribution is -0.167. The van der Waals surface area contributed by atoms with Gasteiger partial charge in [0.25, 0.3) is 0 Å². The van der Waals surface area contributed by atoms with E-state index in [9.17, 15) is 14.4 Å². The fourth-order valence-corrected chi connectivity index (χ4v) is 11.5. The summed E-state index contributed by atoms with van der Waals surface area (Å²) in [5.41, 5.74) is 0. The van der Waals surface area contributed by atoms with E-state index in [2.05, 4.69) is 57.2 Å². The van der Waals surface area contributed by atoms with Crippen LogP contribution in [0.5, 0.6) is 0 Å². The molecule has 83 heavy (non-hydrogen) atoms. The van der Waals surface area contributed by atoms with Gasteiger partial charge in [0.1, 0.15) is 13.2 Å². The lowest BCUT2D eigenvalue weighted by Crippen LogP contribution is -2.30. The number of rotatable bonds is 70. The van der Waals surface area contributed by atoms with Gasteiger partial charge in [-0.25, -0.2) is 0 Å². The standard InChI is InChI=1S/C77H144O6/c1-4-7-10-13-16-19-21-23-25-27-29-31-32-33-34-35-36-37-38-39-40-41-42-43-44-46-47-49-51-53-55-58-61-64-67-70-76(79)82-73-74(72-81-75(78)69-66-63-60-57-18-15-12-9-6-3)83-77(80)71-68-65-62-59-56-54-52-50-48-45-30-28-26-24-22-20-17-14-11-8-5-2/h22,24,28,30,48,50,74H,4-21,23,25-27,29,31-47,49,51-73H2,1-3H3/b24-22-,30-28-,50-48-. The van der Waals surface area contributed by atoms with Gasteiger partial charge in [-0.2, -0.15) is 0 Å². The first-order valence-electron chi connectivity index (χ1n) is 37.5. The van der Waals surface area contributed by atoms with Gasteiger partial charge in [-0.05, 0) is 57.8 Å². The first-order valence-corrected chi connectivity index (χ1v) is 37.5. The smallest absolute Gasteiger partial charge is 0.306 e. The van der Waals surface area contributed by atoms with Crippen LogP contribution in [0.25, 0.3) is 0 Å². The van der Waals surface area contributed by atoms with Crippen molar-refractivity contribution in [3.8, 4) is 0 Å². The van der Waals surface area contributed by atoms with Gasteiger partial charge >= 0.3 is 17.9 Å². The van der Waals surface area contributed by atoms with Crippen molar-refractivity contribution in [3.63, 3.8) is 0 Å². The van der Waals surface area contributed by atoms with Crippen LogP contribution in [0.15, 0.2) is 36.5 Å². The molecule has 0 aliphatic rings. The van der Waals surface area contributed by atoms with Crippen LogP contribution in [0.4, 0.5) is 0 Å². The number of allylic oxidation sites excluding steroid dienone is 6. The molecule has 0 aliphatic heterocycles. The molecule has 0 heterocycles. The Hall–Kier alpha value is -2.37. The summed E-state index contributed by atoms with van der Waals surface area (Å²) in [4.78, 5) is 38.3. The van der Waals surface area contributed by atoms with Crippen LogP contribution in [0.3, 0.4) is 0 Å². The van der Waals surface area contributed by atoms with E-state index in [0.29, 0.717) is 19.3 Å². The summed E-state index contributed by atoms with van der Waals surface area (Å²) < 4.78 is 16.9. The summed E-state index contributed by atoms with van der Waals surface area (Å²) in [6.07, 6.45) is 90.8. The quantitative estimate of drug-likeness (QED) is 0.0261. The minimum absolute atomic E-state index is 0.0725. The fourth-order valence-electron chi connectivity index (χ4n) is 11.5. The van der Waals surface area contributed by atoms with Gasteiger partial charge in [-0.1, -0.05) is 378 Å². The number of hydrogen-bond acceptors (Lipinski definition) is 6. The largest absolute Gasteiger partial charge is 0.462 e. The van der Waals surface area contributed by atoms with Crippen molar-refractivity contribution in [2.45, 2.75) is 425 Å². The molecule has 0 radical (unpaired) electrons. The summed E-state index contributed by atoms with van der Waals surface area (Å²) in [5.74, 6) is -0.862. The number of esters is 3. The van der Waals surface area contributed by atoms with Crippen molar-refractivity contribution in [1.29, 1.82) is 0 Å². The molecule has 0 amide bonds. The van der Waals surface area contributed by atoms with E-state index in [-0.39, 0.29) is 31.1 Å². The van der Waals surface area contributed by atoms with Gasteiger partial charge < -0.3 is 14.2 Å². The Labute approximate surface area is 518 Å². The molecule has 0 saturated heterocycles. The first-order chi connectivity index (χ1) is 41.0. The second-order valence-electron chi connectivity index (χ2n) is 25.6. The average Bonchev–Trinajstić information content (AvgIpc) is 3.49. The van der Waals surface area contributed by atoms with E-state index in [0.717, 1.165) is 77.0 Å². The highest BCUT2D eigenvalue weighted by Gasteiger charge is 2.20. The number of carbonyl (C=O) groups excluding carboxylic acids is 3. The third-order valence-electron chi connectivity index (χ3n) is 17.1. The molecule has 0 saturated carbocycles. The number of carbonyl (C=O) groups is 3. The predicted molar refractivity (Wildman–Crippen MR) is 362 cm³/mol. The van der Waals surface area contributed by atoms with Crippen molar-refractivity contribution in [3.05, 3.63) is 36.5 Å². The number of unbranched alkanes of at least 4 members (excludes halogenated alkanes) is 53. The van der Waals surface area contributed by atoms with Crippen LogP contribution >= 0.6 is 0 Å². The van der Waals surface area contributed by atoms with Crippen molar-refractivity contribution < 1.29 is 28.6 Å². The molecular formula is C77H144O6. The lowest BCUT2D eigenvalue weighted by atomic mass is 10.0. The van der Waals surface area contributed by atoms with E-state index < -0.39 is 6.10 Å². The van der Waals surface area contributed by atoms with E-state index >= 15 is 0 Å². The van der Waals surface area contributed by atoms with E-state index in [1.165, 1.54) is 302 Å². The molecule has 0 aliphatic carbocycles. The molecule has 0 bridgehead atoms. The molecule has 1 atom stereocenters. The van der Waals surface area contributed by atoms with Crippen molar-refractivity contribution in [1.82, 2.24) is 0 Å². The Morgan fingerprint density at radius 1 is 0.241 bits per heavy atom. The maximum Gasteiger partial charge on any atom is 0.306 e. The Morgan fingerprint density at radius 3 is 0.675 bits per heavy atom. The zero-order valence-electron chi connectivity index (χ0n) is 56.2. The second-order valence-corrected chi connectivity index (χ2v) is 25.6. The van der Waals surface area contributed by atoms with Crippen molar-refractivity contribution in [2.75, 3.05) is 13.2 Å². The SMILES string of the molecule is CCCCCCC/C=C\C/C=C\C/C=C\CCCCCCCCC(=O)OC(COC(=O)CCCCCCCCCCC)COC(=O)CCCCCCCCCCCCCCCCCCCCCCCCCCCCCCCCCCCCC. The maximum absolute atomic E-state index is 12.9. The average molecular weight is 1170 g/mol. The van der Waals surface area contributed by atoms with E-state index in [1.807, 2.05) is 0 Å². The normalized spacial score (nSPS) is 12.2. The third kappa shape index (κ3) is 70.3. The van der Waals surface area contributed by atoms with Crippen LogP contribution in [0.2, 0.25) is 0 Å². The highest BCUT2D eigenvalue weighted by molar-refractivity contribution is 5.71.